The zero-order chi connectivity index (χ0) is 14.4. The third kappa shape index (κ3) is 4.62. The number of hydrogen-bond acceptors (Lipinski definition) is 4. The molecule has 0 atom stereocenters. The summed E-state index contributed by atoms with van der Waals surface area (Å²) >= 11 is 1.72. The largest absolute Gasteiger partial charge is 0.486 e. The van der Waals surface area contributed by atoms with Gasteiger partial charge >= 0.3 is 0 Å². The zero-order valence-electron chi connectivity index (χ0n) is 12.2. The molecule has 2 aromatic rings. The lowest BCUT2D eigenvalue weighted by Crippen LogP contribution is -2.21. The summed E-state index contributed by atoms with van der Waals surface area (Å²) in [6.07, 6.45) is 2.06. The van der Waals surface area contributed by atoms with E-state index in [2.05, 4.69) is 37.6 Å². The third-order valence-electron chi connectivity index (χ3n) is 2.84. The Labute approximate surface area is 124 Å². The number of thioether (sulfide) groups is 1. The first-order valence-corrected chi connectivity index (χ1v) is 7.97. The minimum atomic E-state index is 0.453. The van der Waals surface area contributed by atoms with Crippen LogP contribution < -0.4 is 10.1 Å². The molecule has 1 heterocycles. The van der Waals surface area contributed by atoms with Crippen molar-refractivity contribution in [3.05, 3.63) is 47.9 Å². The monoisotopic (exact) mass is 291 g/mol. The van der Waals surface area contributed by atoms with E-state index >= 15 is 0 Å². The topological polar surface area (TPSA) is 34.4 Å². The van der Waals surface area contributed by atoms with E-state index in [4.69, 9.17) is 9.15 Å². The number of furan rings is 1. The molecular weight excluding hydrogens is 270 g/mol. The van der Waals surface area contributed by atoms with E-state index in [0.29, 0.717) is 12.6 Å². The molecule has 0 fully saturated rings. The SMILES string of the molecule is CSc1ccc(OCc2ccc(CNC(C)C)o2)cc1. The van der Waals surface area contributed by atoms with Crippen molar-refractivity contribution in [1.82, 2.24) is 5.32 Å². The van der Waals surface area contributed by atoms with Crippen LogP contribution >= 0.6 is 11.8 Å². The van der Waals surface area contributed by atoms with Crippen molar-refractivity contribution in [1.29, 1.82) is 0 Å². The van der Waals surface area contributed by atoms with Gasteiger partial charge in [0.2, 0.25) is 0 Å². The Kier molecular flexibility index (Phi) is 5.56. The lowest BCUT2D eigenvalue weighted by atomic mass is 10.3. The van der Waals surface area contributed by atoms with Crippen molar-refractivity contribution in [3.8, 4) is 5.75 Å². The molecule has 2 rings (SSSR count). The van der Waals surface area contributed by atoms with Gasteiger partial charge in [0.05, 0.1) is 6.54 Å². The zero-order valence-corrected chi connectivity index (χ0v) is 13.0. The van der Waals surface area contributed by atoms with Crippen LogP contribution in [0, 0.1) is 0 Å². The molecule has 0 radical (unpaired) electrons. The van der Waals surface area contributed by atoms with E-state index < -0.39 is 0 Å². The first-order valence-electron chi connectivity index (χ1n) is 6.75. The van der Waals surface area contributed by atoms with E-state index in [-0.39, 0.29) is 0 Å². The van der Waals surface area contributed by atoms with E-state index in [9.17, 15) is 0 Å². The number of ether oxygens (including phenoxy) is 1. The van der Waals surface area contributed by atoms with Crippen LogP contribution in [0.3, 0.4) is 0 Å². The van der Waals surface area contributed by atoms with Gasteiger partial charge in [-0.25, -0.2) is 0 Å². The maximum Gasteiger partial charge on any atom is 0.146 e. The van der Waals surface area contributed by atoms with Gasteiger partial charge in [-0.2, -0.15) is 0 Å². The summed E-state index contributed by atoms with van der Waals surface area (Å²) in [7, 11) is 0. The molecule has 1 aromatic carbocycles. The fourth-order valence-electron chi connectivity index (χ4n) is 1.73. The minimum absolute atomic E-state index is 0.453. The number of rotatable bonds is 7. The van der Waals surface area contributed by atoms with Crippen LogP contribution in [0.2, 0.25) is 0 Å². The highest BCUT2D eigenvalue weighted by molar-refractivity contribution is 7.98. The average molecular weight is 291 g/mol. The molecule has 0 spiro atoms. The van der Waals surface area contributed by atoms with Crippen LogP contribution in [-0.2, 0) is 13.2 Å². The van der Waals surface area contributed by atoms with Gasteiger partial charge in [0.1, 0.15) is 23.9 Å². The molecule has 4 heteroatoms. The van der Waals surface area contributed by atoms with Gasteiger partial charge in [0.25, 0.3) is 0 Å². The van der Waals surface area contributed by atoms with Crippen molar-refractivity contribution >= 4 is 11.8 Å². The van der Waals surface area contributed by atoms with E-state index in [1.807, 2.05) is 24.3 Å². The van der Waals surface area contributed by atoms with Crippen LogP contribution in [0.25, 0.3) is 0 Å². The molecule has 108 valence electrons. The maximum atomic E-state index is 5.71. The Hall–Kier alpha value is -1.39. The van der Waals surface area contributed by atoms with Crippen molar-refractivity contribution in [2.75, 3.05) is 6.26 Å². The van der Waals surface area contributed by atoms with Crippen LogP contribution in [0.1, 0.15) is 25.4 Å². The molecule has 3 nitrogen and oxygen atoms in total. The van der Waals surface area contributed by atoms with Crippen LogP contribution in [-0.4, -0.2) is 12.3 Å². The number of benzene rings is 1. The predicted molar refractivity (Wildman–Crippen MR) is 83.2 cm³/mol. The molecular formula is C16H21NO2S. The summed E-state index contributed by atoms with van der Waals surface area (Å²) in [5, 5.41) is 3.32. The summed E-state index contributed by atoms with van der Waals surface area (Å²) in [6.45, 7) is 5.44. The summed E-state index contributed by atoms with van der Waals surface area (Å²) < 4.78 is 11.4. The Morgan fingerprint density at radius 2 is 1.80 bits per heavy atom. The fraction of sp³-hybridized carbons (Fsp3) is 0.375. The van der Waals surface area contributed by atoms with Gasteiger partial charge in [0.15, 0.2) is 0 Å². The molecule has 0 aliphatic heterocycles. The van der Waals surface area contributed by atoms with Crippen molar-refractivity contribution in [2.24, 2.45) is 0 Å². The maximum absolute atomic E-state index is 5.71. The molecule has 20 heavy (non-hydrogen) atoms. The normalized spacial score (nSPS) is 11.0. The Morgan fingerprint density at radius 3 is 2.45 bits per heavy atom. The van der Waals surface area contributed by atoms with Crippen LogP contribution in [0.5, 0.6) is 5.75 Å². The molecule has 0 aliphatic carbocycles. The van der Waals surface area contributed by atoms with Gasteiger partial charge in [-0.1, -0.05) is 13.8 Å². The summed E-state index contributed by atoms with van der Waals surface area (Å²) in [5.74, 6) is 2.65. The molecule has 0 amide bonds. The van der Waals surface area contributed by atoms with Crippen molar-refractivity contribution < 1.29 is 9.15 Å². The molecule has 0 saturated carbocycles. The second kappa shape index (κ2) is 7.41. The van der Waals surface area contributed by atoms with Gasteiger partial charge in [-0.3, -0.25) is 0 Å². The van der Waals surface area contributed by atoms with Crippen LogP contribution in [0.4, 0.5) is 0 Å². The lowest BCUT2D eigenvalue weighted by molar-refractivity contribution is 0.264. The van der Waals surface area contributed by atoms with Gasteiger partial charge in [-0.15, -0.1) is 11.8 Å². The fourth-order valence-corrected chi connectivity index (χ4v) is 2.13. The molecule has 1 N–H and O–H groups in total. The second-order valence-corrected chi connectivity index (χ2v) is 5.75. The molecule has 0 aliphatic rings. The molecule has 0 unspecified atom stereocenters. The van der Waals surface area contributed by atoms with E-state index in [1.165, 1.54) is 4.90 Å². The standard InChI is InChI=1S/C16H21NO2S/c1-12(2)17-10-14-4-5-15(19-14)11-18-13-6-8-16(20-3)9-7-13/h4-9,12,17H,10-11H2,1-3H3. The second-order valence-electron chi connectivity index (χ2n) is 4.87. The average Bonchev–Trinajstić information content (AvgIpc) is 2.91. The Bertz CT molecular complexity index is 520. The van der Waals surface area contributed by atoms with Crippen molar-refractivity contribution in [3.63, 3.8) is 0 Å². The van der Waals surface area contributed by atoms with Crippen molar-refractivity contribution in [2.45, 2.75) is 37.9 Å². The number of hydrogen-bond donors (Lipinski definition) is 1. The first-order chi connectivity index (χ1) is 9.67. The summed E-state index contributed by atoms with van der Waals surface area (Å²) in [4.78, 5) is 1.23. The third-order valence-corrected chi connectivity index (χ3v) is 3.59. The van der Waals surface area contributed by atoms with E-state index in [1.54, 1.807) is 11.8 Å². The lowest BCUT2D eigenvalue weighted by Gasteiger charge is -2.06. The smallest absolute Gasteiger partial charge is 0.146 e. The Balaban J connectivity index is 1.84. The van der Waals surface area contributed by atoms with Crippen LogP contribution in [0.15, 0.2) is 45.7 Å². The first kappa shape index (κ1) is 15.0. The van der Waals surface area contributed by atoms with E-state index in [0.717, 1.165) is 23.8 Å². The summed E-state index contributed by atoms with van der Waals surface area (Å²) in [6, 6.07) is 12.5. The quantitative estimate of drug-likeness (QED) is 0.780. The highest BCUT2D eigenvalue weighted by atomic mass is 32.2. The molecule has 1 aromatic heterocycles. The summed E-state index contributed by atoms with van der Waals surface area (Å²) in [5.41, 5.74) is 0. The minimum Gasteiger partial charge on any atom is -0.486 e. The van der Waals surface area contributed by atoms with Gasteiger partial charge in [0, 0.05) is 10.9 Å². The molecule has 0 bridgehead atoms. The predicted octanol–water partition coefficient (Wildman–Crippen LogP) is 4.08. The molecule has 0 saturated heterocycles. The van der Waals surface area contributed by atoms with Gasteiger partial charge < -0.3 is 14.5 Å². The number of nitrogens with one attached hydrogen (secondary N) is 1. The highest BCUT2D eigenvalue weighted by Crippen LogP contribution is 2.20. The van der Waals surface area contributed by atoms with Gasteiger partial charge in [-0.05, 0) is 42.7 Å². The highest BCUT2D eigenvalue weighted by Gasteiger charge is 2.04. The Morgan fingerprint density at radius 1 is 1.10 bits per heavy atom.